The fourth-order valence-electron chi connectivity index (χ4n) is 2.40. The van der Waals surface area contributed by atoms with E-state index in [2.05, 4.69) is 19.7 Å². The van der Waals surface area contributed by atoms with Gasteiger partial charge in [0.25, 0.3) is 5.91 Å². The van der Waals surface area contributed by atoms with E-state index in [1.807, 2.05) is 6.92 Å². The minimum atomic E-state index is -4.47. The maximum Gasteiger partial charge on any atom is 0.422 e. The molecule has 2 rings (SSSR count). The fraction of sp³-hybridized carbons (Fsp3) is 0.389. The summed E-state index contributed by atoms with van der Waals surface area (Å²) in [6.45, 7) is 2.10. The molecule has 0 bridgehead atoms. The molecule has 0 aliphatic carbocycles. The second-order valence-corrected chi connectivity index (χ2v) is 6.21. The Morgan fingerprint density at radius 2 is 1.93 bits per heavy atom. The fourth-order valence-corrected chi connectivity index (χ4v) is 2.40. The summed E-state index contributed by atoms with van der Waals surface area (Å²) in [6, 6.07) is 2.66. The van der Waals surface area contributed by atoms with Crippen LogP contribution < -0.4 is 15.4 Å². The molecule has 2 heterocycles. The van der Waals surface area contributed by atoms with Gasteiger partial charge in [0.1, 0.15) is 17.8 Å². The zero-order valence-corrected chi connectivity index (χ0v) is 15.9. The SMILES string of the molecule is CCCC(=O)N(Cc1cnc(OCC(F)(F)F)cc1C)c1cc(C(N)=O)ncn1. The molecule has 0 atom stereocenters. The Balaban J connectivity index is 2.28. The zero-order valence-electron chi connectivity index (χ0n) is 15.9. The number of carbonyl (C=O) groups excluding carboxylic acids is 2. The van der Waals surface area contributed by atoms with Crippen LogP contribution in [0.2, 0.25) is 0 Å². The van der Waals surface area contributed by atoms with Gasteiger partial charge < -0.3 is 10.5 Å². The number of aryl methyl sites for hydroxylation is 1. The molecule has 0 saturated heterocycles. The Kier molecular flexibility index (Phi) is 7.08. The van der Waals surface area contributed by atoms with E-state index >= 15 is 0 Å². The summed E-state index contributed by atoms with van der Waals surface area (Å²) in [6.07, 6.45) is -1.19. The molecule has 0 spiro atoms. The molecule has 2 amide bonds. The van der Waals surface area contributed by atoms with Crippen molar-refractivity contribution in [3.8, 4) is 5.88 Å². The van der Waals surface area contributed by atoms with Gasteiger partial charge in [0.2, 0.25) is 11.8 Å². The molecule has 2 aromatic heterocycles. The van der Waals surface area contributed by atoms with Crippen molar-refractivity contribution in [3.05, 3.63) is 41.5 Å². The number of amides is 2. The Hall–Kier alpha value is -3.24. The minimum absolute atomic E-state index is 0.0463. The van der Waals surface area contributed by atoms with Crippen molar-refractivity contribution in [2.45, 2.75) is 39.4 Å². The number of pyridine rings is 1. The quantitative estimate of drug-likeness (QED) is 0.715. The summed E-state index contributed by atoms with van der Waals surface area (Å²) >= 11 is 0. The van der Waals surface area contributed by atoms with Crippen molar-refractivity contribution < 1.29 is 27.5 Å². The molecule has 0 aromatic carbocycles. The van der Waals surface area contributed by atoms with Crippen LogP contribution in [0.4, 0.5) is 19.0 Å². The highest BCUT2D eigenvalue weighted by Gasteiger charge is 2.28. The Bertz CT molecular complexity index is 889. The number of carbonyl (C=O) groups is 2. The predicted molar refractivity (Wildman–Crippen MR) is 97.2 cm³/mol. The van der Waals surface area contributed by atoms with Crippen LogP contribution in [0.25, 0.3) is 0 Å². The number of anilines is 1. The Labute approximate surface area is 164 Å². The number of rotatable bonds is 8. The second kappa shape index (κ2) is 9.30. The number of alkyl halides is 3. The van der Waals surface area contributed by atoms with E-state index in [0.29, 0.717) is 17.5 Å². The number of hydrogen-bond donors (Lipinski definition) is 1. The van der Waals surface area contributed by atoms with Gasteiger partial charge in [0, 0.05) is 24.8 Å². The van der Waals surface area contributed by atoms with Crippen LogP contribution >= 0.6 is 0 Å². The first-order chi connectivity index (χ1) is 13.6. The van der Waals surface area contributed by atoms with E-state index < -0.39 is 18.7 Å². The van der Waals surface area contributed by atoms with Crippen LogP contribution in [0.5, 0.6) is 5.88 Å². The first kappa shape index (κ1) is 22.1. The molecule has 0 radical (unpaired) electrons. The molecule has 0 aliphatic rings. The molecule has 2 aromatic rings. The van der Waals surface area contributed by atoms with E-state index in [9.17, 15) is 22.8 Å². The van der Waals surface area contributed by atoms with Crippen LogP contribution in [0.1, 0.15) is 41.4 Å². The molecule has 156 valence electrons. The molecule has 0 saturated carbocycles. The maximum atomic E-state index is 12.6. The van der Waals surface area contributed by atoms with Crippen molar-refractivity contribution in [1.29, 1.82) is 0 Å². The highest BCUT2D eigenvalue weighted by Crippen LogP contribution is 2.22. The summed E-state index contributed by atoms with van der Waals surface area (Å²) in [4.78, 5) is 37.0. The monoisotopic (exact) mass is 411 g/mol. The average Bonchev–Trinajstić information content (AvgIpc) is 2.65. The third-order valence-electron chi connectivity index (χ3n) is 3.85. The lowest BCUT2D eigenvalue weighted by Crippen LogP contribution is -2.31. The Morgan fingerprint density at radius 1 is 1.21 bits per heavy atom. The zero-order chi connectivity index (χ0) is 21.6. The summed E-state index contributed by atoms with van der Waals surface area (Å²) in [5.74, 6) is -1.00. The first-order valence-electron chi connectivity index (χ1n) is 8.68. The van der Waals surface area contributed by atoms with Crippen molar-refractivity contribution in [2.75, 3.05) is 11.5 Å². The number of ether oxygens (including phenoxy) is 1. The van der Waals surface area contributed by atoms with Crippen molar-refractivity contribution in [2.24, 2.45) is 5.73 Å². The summed E-state index contributed by atoms with van der Waals surface area (Å²) in [5, 5.41) is 0. The topological polar surface area (TPSA) is 111 Å². The Morgan fingerprint density at radius 3 is 2.52 bits per heavy atom. The van der Waals surface area contributed by atoms with E-state index in [-0.39, 0.29) is 36.3 Å². The summed E-state index contributed by atoms with van der Waals surface area (Å²) < 4.78 is 41.5. The lowest BCUT2D eigenvalue weighted by Gasteiger charge is -2.23. The van der Waals surface area contributed by atoms with Gasteiger partial charge in [0.15, 0.2) is 6.61 Å². The number of nitrogens with zero attached hydrogens (tertiary/aromatic N) is 4. The van der Waals surface area contributed by atoms with Crippen molar-refractivity contribution in [1.82, 2.24) is 15.0 Å². The first-order valence-corrected chi connectivity index (χ1v) is 8.68. The van der Waals surface area contributed by atoms with Gasteiger partial charge in [-0.25, -0.2) is 15.0 Å². The molecule has 11 heteroatoms. The third kappa shape index (κ3) is 6.40. The van der Waals surface area contributed by atoms with Crippen molar-refractivity contribution >= 4 is 17.6 Å². The number of hydrogen-bond acceptors (Lipinski definition) is 6. The van der Waals surface area contributed by atoms with Gasteiger partial charge in [-0.15, -0.1) is 0 Å². The van der Waals surface area contributed by atoms with Crippen LogP contribution in [0, 0.1) is 6.92 Å². The van der Waals surface area contributed by atoms with Gasteiger partial charge in [-0.05, 0) is 24.5 Å². The van der Waals surface area contributed by atoms with E-state index in [1.165, 1.54) is 23.2 Å². The minimum Gasteiger partial charge on any atom is -0.468 e. The molecule has 29 heavy (non-hydrogen) atoms. The van der Waals surface area contributed by atoms with Crippen LogP contribution in [-0.2, 0) is 11.3 Å². The smallest absolute Gasteiger partial charge is 0.422 e. The standard InChI is InChI=1S/C18H20F3N5O3/c1-3-4-16(27)26(14-6-13(17(22)28)24-10-25-14)8-12-7-23-15(5-11(12)2)29-9-18(19,20)21/h5-7,10H,3-4,8-9H2,1-2H3,(H2,22,28). The lowest BCUT2D eigenvalue weighted by molar-refractivity contribution is -0.154. The van der Waals surface area contributed by atoms with Gasteiger partial charge in [-0.2, -0.15) is 13.2 Å². The van der Waals surface area contributed by atoms with Crippen molar-refractivity contribution in [3.63, 3.8) is 0 Å². The normalized spacial score (nSPS) is 11.2. The summed E-state index contributed by atoms with van der Waals surface area (Å²) in [5.41, 5.74) is 6.34. The molecular weight excluding hydrogens is 391 g/mol. The van der Waals surface area contributed by atoms with E-state index in [0.717, 1.165) is 6.33 Å². The van der Waals surface area contributed by atoms with Crippen LogP contribution in [0.15, 0.2) is 24.7 Å². The van der Waals surface area contributed by atoms with E-state index in [1.54, 1.807) is 6.92 Å². The van der Waals surface area contributed by atoms with Gasteiger partial charge in [0.05, 0.1) is 6.54 Å². The molecule has 0 aliphatic heterocycles. The predicted octanol–water partition coefficient (Wildman–Crippen LogP) is 2.55. The highest BCUT2D eigenvalue weighted by atomic mass is 19.4. The average molecular weight is 411 g/mol. The number of halogens is 3. The van der Waals surface area contributed by atoms with Crippen LogP contribution in [-0.4, -0.2) is 39.5 Å². The highest BCUT2D eigenvalue weighted by molar-refractivity contribution is 5.95. The molecule has 2 N–H and O–H groups in total. The van der Waals surface area contributed by atoms with E-state index in [4.69, 9.17) is 5.73 Å². The maximum absolute atomic E-state index is 12.6. The van der Waals surface area contributed by atoms with Crippen LogP contribution in [0.3, 0.4) is 0 Å². The summed E-state index contributed by atoms with van der Waals surface area (Å²) in [7, 11) is 0. The molecule has 0 unspecified atom stereocenters. The second-order valence-electron chi connectivity index (χ2n) is 6.21. The van der Waals surface area contributed by atoms with Gasteiger partial charge in [-0.3, -0.25) is 14.5 Å². The molecule has 0 fully saturated rings. The lowest BCUT2D eigenvalue weighted by atomic mass is 10.1. The molecule has 8 nitrogen and oxygen atoms in total. The number of nitrogens with two attached hydrogens (primary N) is 1. The molecular formula is C18H20F3N5O3. The number of aromatic nitrogens is 3. The third-order valence-corrected chi connectivity index (χ3v) is 3.85. The van der Waals surface area contributed by atoms with Gasteiger partial charge >= 0.3 is 6.18 Å². The largest absolute Gasteiger partial charge is 0.468 e. The van der Waals surface area contributed by atoms with Gasteiger partial charge in [-0.1, -0.05) is 6.92 Å². The number of primary amides is 1.